The van der Waals surface area contributed by atoms with Gasteiger partial charge in [0.05, 0.1) is 5.60 Å². The van der Waals surface area contributed by atoms with Crippen molar-refractivity contribution in [3.8, 4) is 0 Å². The van der Waals surface area contributed by atoms with Crippen LogP contribution >= 0.6 is 0 Å². The molecule has 1 aromatic carbocycles. The highest BCUT2D eigenvalue weighted by atomic mass is 16.3. The zero-order valence-electron chi connectivity index (χ0n) is 10.2. The number of hydrogen-bond acceptors (Lipinski definition) is 2. The van der Waals surface area contributed by atoms with Crippen LogP contribution in [0.5, 0.6) is 0 Å². The fraction of sp³-hybridized carbons (Fsp3) is 0.571. The Bertz CT molecular complexity index is 324. The van der Waals surface area contributed by atoms with Gasteiger partial charge in [-0.1, -0.05) is 30.3 Å². The van der Waals surface area contributed by atoms with E-state index in [1.165, 1.54) is 18.4 Å². The average Bonchev–Trinajstić information content (AvgIpc) is 2.99. The van der Waals surface area contributed by atoms with E-state index in [0.29, 0.717) is 6.04 Å². The van der Waals surface area contributed by atoms with Crippen molar-refractivity contribution in [3.05, 3.63) is 35.9 Å². The molecule has 1 fully saturated rings. The maximum absolute atomic E-state index is 9.90. The second kappa shape index (κ2) is 4.56. The largest absolute Gasteiger partial charge is 0.389 e. The van der Waals surface area contributed by atoms with Gasteiger partial charge in [0.1, 0.15) is 0 Å². The summed E-state index contributed by atoms with van der Waals surface area (Å²) in [6, 6.07) is 11.2. The van der Waals surface area contributed by atoms with E-state index >= 15 is 0 Å². The number of aliphatic hydroxyl groups is 1. The molecule has 2 heteroatoms. The fourth-order valence-corrected chi connectivity index (χ4v) is 2.07. The van der Waals surface area contributed by atoms with Crippen molar-refractivity contribution in [1.82, 2.24) is 4.90 Å². The lowest BCUT2D eigenvalue weighted by Gasteiger charge is -2.29. The van der Waals surface area contributed by atoms with Gasteiger partial charge < -0.3 is 5.11 Å². The Morgan fingerprint density at radius 2 is 1.88 bits per heavy atom. The third kappa shape index (κ3) is 3.62. The van der Waals surface area contributed by atoms with Gasteiger partial charge in [-0.3, -0.25) is 4.90 Å². The van der Waals surface area contributed by atoms with Crippen molar-refractivity contribution in [2.75, 3.05) is 6.54 Å². The lowest BCUT2D eigenvalue weighted by atomic mass is 10.1. The zero-order valence-corrected chi connectivity index (χ0v) is 10.2. The maximum Gasteiger partial charge on any atom is 0.0718 e. The number of rotatable bonds is 5. The van der Waals surface area contributed by atoms with Gasteiger partial charge in [0.15, 0.2) is 0 Å². The van der Waals surface area contributed by atoms with Gasteiger partial charge in [-0.25, -0.2) is 0 Å². The molecule has 16 heavy (non-hydrogen) atoms. The highest BCUT2D eigenvalue weighted by Crippen LogP contribution is 2.29. The lowest BCUT2D eigenvalue weighted by molar-refractivity contribution is 0.0304. The quantitative estimate of drug-likeness (QED) is 0.822. The molecular weight excluding hydrogens is 198 g/mol. The van der Waals surface area contributed by atoms with Gasteiger partial charge in [0.2, 0.25) is 0 Å². The van der Waals surface area contributed by atoms with Crippen molar-refractivity contribution in [3.63, 3.8) is 0 Å². The zero-order chi connectivity index (χ0) is 11.6. The molecule has 0 spiro atoms. The van der Waals surface area contributed by atoms with Crippen molar-refractivity contribution >= 4 is 0 Å². The monoisotopic (exact) mass is 219 g/mol. The molecule has 0 saturated heterocycles. The highest BCUT2D eigenvalue weighted by Gasteiger charge is 2.31. The van der Waals surface area contributed by atoms with Crippen molar-refractivity contribution in [2.45, 2.75) is 44.9 Å². The third-order valence-electron chi connectivity index (χ3n) is 2.88. The van der Waals surface area contributed by atoms with Crippen molar-refractivity contribution in [2.24, 2.45) is 0 Å². The summed E-state index contributed by atoms with van der Waals surface area (Å²) in [4.78, 5) is 2.40. The Kier molecular flexibility index (Phi) is 3.31. The minimum Gasteiger partial charge on any atom is -0.389 e. The molecule has 0 bridgehead atoms. The SMILES string of the molecule is CC(C)(O)CN(Cc1ccccc1)C1CC1. The van der Waals surface area contributed by atoms with Crippen LogP contribution in [0, 0.1) is 0 Å². The maximum atomic E-state index is 9.90. The molecule has 2 rings (SSSR count). The predicted molar refractivity (Wildman–Crippen MR) is 66.2 cm³/mol. The summed E-state index contributed by atoms with van der Waals surface area (Å²) in [5.74, 6) is 0. The van der Waals surface area contributed by atoms with Crippen LogP contribution in [0.25, 0.3) is 0 Å². The van der Waals surface area contributed by atoms with Crippen molar-refractivity contribution < 1.29 is 5.11 Å². The van der Waals surface area contributed by atoms with E-state index in [1.807, 2.05) is 19.9 Å². The Balaban J connectivity index is 1.98. The first-order valence-electron chi connectivity index (χ1n) is 6.05. The molecule has 0 amide bonds. The normalized spacial score (nSPS) is 16.8. The van der Waals surface area contributed by atoms with E-state index in [2.05, 4.69) is 29.2 Å². The van der Waals surface area contributed by atoms with Gasteiger partial charge in [-0.05, 0) is 32.3 Å². The van der Waals surface area contributed by atoms with E-state index in [9.17, 15) is 5.11 Å². The summed E-state index contributed by atoms with van der Waals surface area (Å²) in [5.41, 5.74) is 0.732. The summed E-state index contributed by atoms with van der Waals surface area (Å²) in [5, 5.41) is 9.90. The molecule has 88 valence electrons. The van der Waals surface area contributed by atoms with Crippen molar-refractivity contribution in [1.29, 1.82) is 0 Å². The Hall–Kier alpha value is -0.860. The molecule has 0 radical (unpaired) electrons. The van der Waals surface area contributed by atoms with E-state index in [0.717, 1.165) is 13.1 Å². The van der Waals surface area contributed by atoms with Crippen LogP contribution in [0.4, 0.5) is 0 Å². The number of nitrogens with zero attached hydrogens (tertiary/aromatic N) is 1. The van der Waals surface area contributed by atoms with Gasteiger partial charge >= 0.3 is 0 Å². The lowest BCUT2D eigenvalue weighted by Crippen LogP contribution is -2.39. The second-order valence-corrected chi connectivity index (χ2v) is 5.43. The summed E-state index contributed by atoms with van der Waals surface area (Å²) in [6.45, 7) is 5.48. The summed E-state index contributed by atoms with van der Waals surface area (Å²) in [7, 11) is 0. The molecule has 1 aliphatic rings. The van der Waals surface area contributed by atoms with Gasteiger partial charge in [-0.15, -0.1) is 0 Å². The van der Waals surface area contributed by atoms with E-state index in [4.69, 9.17) is 0 Å². The minimum atomic E-state index is -0.600. The molecule has 1 aliphatic carbocycles. The summed E-state index contributed by atoms with van der Waals surface area (Å²) >= 11 is 0. The number of benzene rings is 1. The molecule has 0 atom stereocenters. The Labute approximate surface area is 97.9 Å². The first-order valence-corrected chi connectivity index (χ1v) is 6.05. The van der Waals surface area contributed by atoms with E-state index in [-0.39, 0.29) is 0 Å². The molecule has 0 aromatic heterocycles. The molecular formula is C14H21NO. The van der Waals surface area contributed by atoms with Crippen LogP contribution in [0.2, 0.25) is 0 Å². The highest BCUT2D eigenvalue weighted by molar-refractivity contribution is 5.15. The first kappa shape index (κ1) is 11.6. The molecule has 1 N–H and O–H groups in total. The molecule has 0 unspecified atom stereocenters. The van der Waals surface area contributed by atoms with Gasteiger partial charge in [0, 0.05) is 19.1 Å². The van der Waals surface area contributed by atoms with Gasteiger partial charge in [-0.2, -0.15) is 0 Å². The van der Waals surface area contributed by atoms with E-state index < -0.39 is 5.60 Å². The van der Waals surface area contributed by atoms with Crippen LogP contribution < -0.4 is 0 Å². The predicted octanol–water partition coefficient (Wildman–Crippen LogP) is 2.42. The summed E-state index contributed by atoms with van der Waals surface area (Å²) in [6.07, 6.45) is 2.56. The Morgan fingerprint density at radius 3 is 2.38 bits per heavy atom. The second-order valence-electron chi connectivity index (χ2n) is 5.43. The van der Waals surface area contributed by atoms with Crippen LogP contribution in [-0.4, -0.2) is 28.2 Å². The van der Waals surface area contributed by atoms with Crippen LogP contribution in [0.3, 0.4) is 0 Å². The standard InChI is InChI=1S/C14H21NO/c1-14(2,16)11-15(13-8-9-13)10-12-6-4-3-5-7-12/h3-7,13,16H,8-11H2,1-2H3. The van der Waals surface area contributed by atoms with Crippen LogP contribution in [0.15, 0.2) is 30.3 Å². The molecule has 1 saturated carbocycles. The molecule has 0 aliphatic heterocycles. The topological polar surface area (TPSA) is 23.5 Å². The molecule has 1 aromatic rings. The first-order chi connectivity index (χ1) is 7.54. The fourth-order valence-electron chi connectivity index (χ4n) is 2.07. The summed E-state index contributed by atoms with van der Waals surface area (Å²) < 4.78 is 0. The molecule has 0 heterocycles. The molecule has 2 nitrogen and oxygen atoms in total. The van der Waals surface area contributed by atoms with E-state index in [1.54, 1.807) is 0 Å². The van der Waals surface area contributed by atoms with Gasteiger partial charge in [0.25, 0.3) is 0 Å². The minimum absolute atomic E-state index is 0.600. The smallest absolute Gasteiger partial charge is 0.0718 e. The van der Waals surface area contributed by atoms with Crippen LogP contribution in [0.1, 0.15) is 32.3 Å². The number of hydrogen-bond donors (Lipinski definition) is 1. The average molecular weight is 219 g/mol. The Morgan fingerprint density at radius 1 is 1.25 bits per heavy atom. The van der Waals surface area contributed by atoms with Crippen LogP contribution in [-0.2, 0) is 6.54 Å². The third-order valence-corrected chi connectivity index (χ3v) is 2.88.